The lowest BCUT2D eigenvalue weighted by atomic mass is 9.96. The Morgan fingerprint density at radius 2 is 2.37 bits per heavy atom. The largest absolute Gasteiger partial charge is 0.369 e. The van der Waals surface area contributed by atoms with Crippen LogP contribution in [0.2, 0.25) is 0 Å². The molecule has 1 aliphatic rings. The number of aromatic nitrogens is 1. The first-order valence-corrected chi connectivity index (χ1v) is 8.56. The minimum absolute atomic E-state index is 0.275. The molecule has 1 saturated heterocycles. The maximum atomic E-state index is 11.6. The number of rotatable bonds is 5. The van der Waals surface area contributed by atoms with Gasteiger partial charge in [-0.05, 0) is 50.4 Å². The Kier molecular flexibility index (Phi) is 4.76. The Bertz CT molecular complexity index is 510. The molecule has 106 valence electrons. The van der Waals surface area contributed by atoms with Gasteiger partial charge in [-0.15, -0.1) is 0 Å². The number of anilines is 1. The molecule has 1 unspecified atom stereocenters. The summed E-state index contributed by atoms with van der Waals surface area (Å²) in [6.45, 7) is 2.93. The molecular formula is C13H21N3O2S. The number of nitrogens with one attached hydrogen (secondary N) is 2. The SMILES string of the molecule is CS(=O)(=O)c1cccnc1NCCC1CCCNC1. The maximum Gasteiger partial charge on any atom is 0.179 e. The molecule has 0 bridgehead atoms. The van der Waals surface area contributed by atoms with Crippen molar-refractivity contribution in [3.8, 4) is 0 Å². The smallest absolute Gasteiger partial charge is 0.179 e. The van der Waals surface area contributed by atoms with Crippen LogP contribution in [0, 0.1) is 5.92 Å². The van der Waals surface area contributed by atoms with Crippen LogP contribution in [0.15, 0.2) is 23.2 Å². The molecule has 0 spiro atoms. The first-order chi connectivity index (χ1) is 9.07. The van der Waals surface area contributed by atoms with Gasteiger partial charge >= 0.3 is 0 Å². The molecule has 0 amide bonds. The lowest BCUT2D eigenvalue weighted by molar-refractivity contribution is 0.364. The fourth-order valence-electron chi connectivity index (χ4n) is 2.39. The fraction of sp³-hybridized carbons (Fsp3) is 0.615. The van der Waals surface area contributed by atoms with Crippen molar-refractivity contribution in [2.45, 2.75) is 24.2 Å². The molecule has 0 saturated carbocycles. The van der Waals surface area contributed by atoms with E-state index in [-0.39, 0.29) is 4.90 Å². The molecule has 2 N–H and O–H groups in total. The Balaban J connectivity index is 1.92. The van der Waals surface area contributed by atoms with E-state index in [4.69, 9.17) is 0 Å². The predicted octanol–water partition coefficient (Wildman–Crippen LogP) is 1.29. The highest BCUT2D eigenvalue weighted by Gasteiger charge is 2.15. The van der Waals surface area contributed by atoms with E-state index >= 15 is 0 Å². The highest BCUT2D eigenvalue weighted by Crippen LogP contribution is 2.19. The number of hydrogen-bond donors (Lipinski definition) is 2. The maximum absolute atomic E-state index is 11.6. The van der Waals surface area contributed by atoms with Gasteiger partial charge in [-0.2, -0.15) is 0 Å². The van der Waals surface area contributed by atoms with E-state index < -0.39 is 9.84 Å². The molecule has 1 aliphatic heterocycles. The van der Waals surface area contributed by atoms with Gasteiger partial charge < -0.3 is 10.6 Å². The zero-order valence-corrected chi connectivity index (χ0v) is 12.0. The van der Waals surface area contributed by atoms with Crippen LogP contribution < -0.4 is 10.6 Å². The second kappa shape index (κ2) is 6.34. The van der Waals surface area contributed by atoms with Gasteiger partial charge in [0.15, 0.2) is 9.84 Å². The molecule has 2 heterocycles. The third kappa shape index (κ3) is 4.18. The molecule has 0 radical (unpaired) electrons. The van der Waals surface area contributed by atoms with E-state index in [1.165, 1.54) is 19.1 Å². The van der Waals surface area contributed by atoms with Gasteiger partial charge in [0.1, 0.15) is 10.7 Å². The van der Waals surface area contributed by atoms with Gasteiger partial charge in [0.05, 0.1) is 0 Å². The van der Waals surface area contributed by atoms with Crippen LogP contribution >= 0.6 is 0 Å². The van der Waals surface area contributed by atoms with E-state index in [2.05, 4.69) is 15.6 Å². The van der Waals surface area contributed by atoms with E-state index in [0.717, 1.165) is 26.1 Å². The van der Waals surface area contributed by atoms with E-state index in [1.807, 2.05) is 0 Å². The summed E-state index contributed by atoms with van der Waals surface area (Å²) < 4.78 is 23.3. The van der Waals surface area contributed by atoms with Crippen molar-refractivity contribution in [2.24, 2.45) is 5.92 Å². The highest BCUT2D eigenvalue weighted by molar-refractivity contribution is 7.90. The minimum Gasteiger partial charge on any atom is -0.369 e. The highest BCUT2D eigenvalue weighted by atomic mass is 32.2. The van der Waals surface area contributed by atoms with Crippen molar-refractivity contribution in [1.29, 1.82) is 0 Å². The van der Waals surface area contributed by atoms with Gasteiger partial charge in [0.25, 0.3) is 0 Å². The summed E-state index contributed by atoms with van der Waals surface area (Å²) >= 11 is 0. The van der Waals surface area contributed by atoms with Crippen molar-refractivity contribution in [3.63, 3.8) is 0 Å². The summed E-state index contributed by atoms with van der Waals surface area (Å²) in [5, 5.41) is 6.53. The van der Waals surface area contributed by atoms with Crippen LogP contribution in [0.4, 0.5) is 5.82 Å². The van der Waals surface area contributed by atoms with Crippen molar-refractivity contribution < 1.29 is 8.42 Å². The van der Waals surface area contributed by atoms with Crippen molar-refractivity contribution in [3.05, 3.63) is 18.3 Å². The van der Waals surface area contributed by atoms with Crippen LogP contribution in [0.3, 0.4) is 0 Å². The molecule has 1 fully saturated rings. The zero-order chi connectivity index (χ0) is 13.7. The molecule has 5 nitrogen and oxygen atoms in total. The van der Waals surface area contributed by atoms with Crippen molar-refractivity contribution >= 4 is 15.7 Å². The minimum atomic E-state index is -3.23. The van der Waals surface area contributed by atoms with Gasteiger partial charge in [0, 0.05) is 19.0 Å². The molecule has 19 heavy (non-hydrogen) atoms. The summed E-state index contributed by atoms with van der Waals surface area (Å²) in [5.74, 6) is 1.14. The van der Waals surface area contributed by atoms with Gasteiger partial charge in [-0.1, -0.05) is 0 Å². The Morgan fingerprint density at radius 3 is 3.05 bits per heavy atom. The molecule has 0 aromatic carbocycles. The fourth-order valence-corrected chi connectivity index (χ4v) is 3.19. The zero-order valence-electron chi connectivity index (χ0n) is 11.2. The topological polar surface area (TPSA) is 71.1 Å². The third-order valence-corrected chi connectivity index (χ3v) is 4.54. The molecule has 0 aliphatic carbocycles. The molecule has 2 rings (SSSR count). The average Bonchev–Trinajstić information content (AvgIpc) is 2.39. The third-order valence-electron chi connectivity index (χ3n) is 3.41. The second-order valence-electron chi connectivity index (χ2n) is 5.05. The summed E-state index contributed by atoms with van der Waals surface area (Å²) in [5.41, 5.74) is 0. The van der Waals surface area contributed by atoms with Gasteiger partial charge in [0.2, 0.25) is 0 Å². The second-order valence-corrected chi connectivity index (χ2v) is 7.03. The molecule has 1 atom stereocenters. The van der Waals surface area contributed by atoms with Crippen LogP contribution in [0.25, 0.3) is 0 Å². The lowest BCUT2D eigenvalue weighted by Crippen LogP contribution is -2.30. The van der Waals surface area contributed by atoms with Crippen molar-refractivity contribution in [1.82, 2.24) is 10.3 Å². The van der Waals surface area contributed by atoms with Crippen LogP contribution in [0.5, 0.6) is 0 Å². The predicted molar refractivity (Wildman–Crippen MR) is 76.0 cm³/mol. The summed E-state index contributed by atoms with van der Waals surface area (Å²) in [6.07, 6.45) is 6.32. The molecule has 6 heteroatoms. The number of piperidine rings is 1. The first-order valence-electron chi connectivity index (χ1n) is 6.67. The Hall–Kier alpha value is -1.14. The van der Waals surface area contributed by atoms with E-state index in [0.29, 0.717) is 11.7 Å². The van der Waals surface area contributed by atoms with E-state index in [1.54, 1.807) is 18.3 Å². The van der Waals surface area contributed by atoms with Crippen molar-refractivity contribution in [2.75, 3.05) is 31.2 Å². The first kappa shape index (κ1) is 14.3. The van der Waals surface area contributed by atoms with Crippen LogP contribution in [0.1, 0.15) is 19.3 Å². The number of hydrogen-bond acceptors (Lipinski definition) is 5. The quantitative estimate of drug-likeness (QED) is 0.852. The molecule has 1 aromatic heterocycles. The average molecular weight is 283 g/mol. The number of sulfone groups is 1. The monoisotopic (exact) mass is 283 g/mol. The summed E-state index contributed by atoms with van der Waals surface area (Å²) in [6, 6.07) is 3.24. The van der Waals surface area contributed by atoms with Crippen LogP contribution in [-0.4, -0.2) is 39.3 Å². The summed E-state index contributed by atoms with van der Waals surface area (Å²) in [7, 11) is -3.23. The van der Waals surface area contributed by atoms with E-state index in [9.17, 15) is 8.42 Å². The number of pyridine rings is 1. The van der Waals surface area contributed by atoms with Gasteiger partial charge in [-0.3, -0.25) is 0 Å². The lowest BCUT2D eigenvalue weighted by Gasteiger charge is -2.22. The molecule has 1 aromatic rings. The number of nitrogens with zero attached hydrogens (tertiary/aromatic N) is 1. The molecular weight excluding hydrogens is 262 g/mol. The van der Waals surface area contributed by atoms with Crippen LogP contribution in [-0.2, 0) is 9.84 Å². The van der Waals surface area contributed by atoms with Gasteiger partial charge in [-0.25, -0.2) is 13.4 Å². The Morgan fingerprint density at radius 1 is 1.53 bits per heavy atom. The Labute approximate surface area is 114 Å². The summed E-state index contributed by atoms with van der Waals surface area (Å²) in [4.78, 5) is 4.40. The standard InChI is InChI=1S/C13H21N3O2S/c1-19(17,18)12-5-3-8-15-13(12)16-9-6-11-4-2-7-14-10-11/h3,5,8,11,14H,2,4,6-7,9-10H2,1H3,(H,15,16). The normalized spacial score (nSPS) is 20.2.